The van der Waals surface area contributed by atoms with Crippen molar-refractivity contribution in [2.45, 2.75) is 129 Å². The van der Waals surface area contributed by atoms with E-state index >= 15 is 0 Å². The van der Waals surface area contributed by atoms with Crippen LogP contribution in [0.15, 0.2) is 0 Å². The first kappa shape index (κ1) is 46.7. The fourth-order valence-electron chi connectivity index (χ4n) is 4.71. The van der Waals surface area contributed by atoms with Gasteiger partial charge in [-0.15, -0.1) is 0 Å². The van der Waals surface area contributed by atoms with E-state index in [0.29, 0.717) is 97.3 Å². The summed E-state index contributed by atoms with van der Waals surface area (Å²) in [4.78, 5) is 34.7. The molecule has 0 aromatic rings. The number of esters is 1. The predicted molar refractivity (Wildman–Crippen MR) is 194 cm³/mol. The molecule has 11 nitrogen and oxygen atoms in total. The molecule has 12 heteroatoms. The number of carbonyl (C=O) groups excluding carboxylic acids is 3. The summed E-state index contributed by atoms with van der Waals surface area (Å²) >= 11 is 3.08. The molecule has 2 N–H and O–H groups in total. The standard InChI is InChI=1S/C36H69BrN2O9/c1-36(2,3)48-35(42)19-17-15-13-11-9-7-5-4-6-8-10-12-14-16-18-33(40)38-20-22-43-24-26-45-28-30-47-31-29-46-27-25-44-23-21-39-34(41)32-37/h4-32H2,1-3H3,(H,38,40)(H,39,41). The Morgan fingerprint density at radius 1 is 0.458 bits per heavy atom. The van der Waals surface area contributed by atoms with E-state index in [0.717, 1.165) is 25.7 Å². The highest BCUT2D eigenvalue weighted by atomic mass is 79.9. The Labute approximate surface area is 300 Å². The maximum Gasteiger partial charge on any atom is 0.306 e. The normalized spacial score (nSPS) is 11.5. The zero-order valence-electron chi connectivity index (χ0n) is 30.6. The summed E-state index contributed by atoms with van der Waals surface area (Å²) in [6, 6.07) is 0. The summed E-state index contributed by atoms with van der Waals surface area (Å²) in [5.74, 6) is -0.0314. The molecule has 0 rings (SSSR count). The molecule has 0 saturated heterocycles. The number of halogens is 1. The third-order valence-corrected chi connectivity index (χ3v) is 7.71. The van der Waals surface area contributed by atoms with Gasteiger partial charge in [0, 0.05) is 25.9 Å². The number of amides is 2. The highest BCUT2D eigenvalue weighted by Crippen LogP contribution is 2.15. The third-order valence-electron chi connectivity index (χ3n) is 7.20. The lowest BCUT2D eigenvalue weighted by Crippen LogP contribution is -2.28. The lowest BCUT2D eigenvalue weighted by molar-refractivity contribution is -0.155. The summed E-state index contributed by atoms with van der Waals surface area (Å²) < 4.78 is 32.6. The minimum atomic E-state index is -0.378. The van der Waals surface area contributed by atoms with Gasteiger partial charge < -0.3 is 39.1 Å². The van der Waals surface area contributed by atoms with Gasteiger partial charge in [0.25, 0.3) is 0 Å². The molecule has 0 atom stereocenters. The monoisotopic (exact) mass is 752 g/mol. The Bertz CT molecular complexity index is 753. The van der Waals surface area contributed by atoms with Crippen LogP contribution in [0.5, 0.6) is 0 Å². The van der Waals surface area contributed by atoms with Crippen LogP contribution >= 0.6 is 15.9 Å². The van der Waals surface area contributed by atoms with Crippen molar-refractivity contribution in [1.82, 2.24) is 10.6 Å². The van der Waals surface area contributed by atoms with Crippen LogP contribution in [0, 0.1) is 0 Å². The Morgan fingerprint density at radius 2 is 0.771 bits per heavy atom. The van der Waals surface area contributed by atoms with E-state index in [-0.39, 0.29) is 23.4 Å². The van der Waals surface area contributed by atoms with Gasteiger partial charge in [-0.25, -0.2) is 0 Å². The Hall–Kier alpha value is -1.31. The van der Waals surface area contributed by atoms with Crippen LogP contribution in [0.4, 0.5) is 0 Å². The highest BCUT2D eigenvalue weighted by molar-refractivity contribution is 9.09. The molecule has 48 heavy (non-hydrogen) atoms. The number of ether oxygens (including phenoxy) is 6. The molecule has 284 valence electrons. The summed E-state index contributed by atoms with van der Waals surface area (Å²) in [7, 11) is 0. The molecule has 0 saturated carbocycles. The van der Waals surface area contributed by atoms with Crippen LogP contribution in [0.25, 0.3) is 0 Å². The lowest BCUT2D eigenvalue weighted by atomic mass is 10.0. The van der Waals surface area contributed by atoms with E-state index in [1.54, 1.807) is 0 Å². The van der Waals surface area contributed by atoms with Crippen molar-refractivity contribution >= 4 is 33.7 Å². The predicted octanol–water partition coefficient (Wildman–Crippen LogP) is 6.28. The molecule has 0 aliphatic heterocycles. The summed E-state index contributed by atoms with van der Waals surface area (Å²) in [6.45, 7) is 11.6. The molecule has 2 amide bonds. The second-order valence-corrected chi connectivity index (χ2v) is 13.5. The molecule has 0 spiro atoms. The second-order valence-electron chi connectivity index (χ2n) is 12.9. The first-order chi connectivity index (χ1) is 23.2. The first-order valence-electron chi connectivity index (χ1n) is 18.4. The van der Waals surface area contributed by atoms with Crippen LogP contribution in [-0.4, -0.2) is 108 Å². The van der Waals surface area contributed by atoms with E-state index in [4.69, 9.17) is 28.4 Å². The van der Waals surface area contributed by atoms with Crippen molar-refractivity contribution in [3.05, 3.63) is 0 Å². The molecule has 0 heterocycles. The van der Waals surface area contributed by atoms with Crippen LogP contribution in [0.3, 0.4) is 0 Å². The van der Waals surface area contributed by atoms with Gasteiger partial charge in [0.1, 0.15) is 5.60 Å². The fraction of sp³-hybridized carbons (Fsp3) is 0.917. The molecule has 0 radical (unpaired) electrons. The molecule has 0 aromatic heterocycles. The highest BCUT2D eigenvalue weighted by Gasteiger charge is 2.15. The topological polar surface area (TPSA) is 131 Å². The summed E-state index contributed by atoms with van der Waals surface area (Å²) in [6.07, 6.45) is 18.0. The number of alkyl halides is 1. The number of hydrogen-bond donors (Lipinski definition) is 2. The number of rotatable bonds is 36. The second kappa shape index (κ2) is 35.5. The average molecular weight is 754 g/mol. The first-order valence-corrected chi connectivity index (χ1v) is 19.6. The van der Waals surface area contributed by atoms with Gasteiger partial charge in [0.15, 0.2) is 0 Å². The Balaban J connectivity index is 3.21. The summed E-state index contributed by atoms with van der Waals surface area (Å²) in [5, 5.41) is 5.92. The largest absolute Gasteiger partial charge is 0.460 e. The minimum Gasteiger partial charge on any atom is -0.460 e. The van der Waals surface area contributed by atoms with Crippen molar-refractivity contribution in [1.29, 1.82) is 0 Å². The van der Waals surface area contributed by atoms with Gasteiger partial charge in [-0.1, -0.05) is 93.0 Å². The molecular weight excluding hydrogens is 684 g/mol. The van der Waals surface area contributed by atoms with Crippen molar-refractivity contribution in [3.8, 4) is 0 Å². The molecule has 0 aliphatic rings. The molecule has 0 unspecified atom stereocenters. The Kier molecular flexibility index (Phi) is 34.5. The van der Waals surface area contributed by atoms with Crippen LogP contribution in [0.2, 0.25) is 0 Å². The van der Waals surface area contributed by atoms with Gasteiger partial charge >= 0.3 is 5.97 Å². The van der Waals surface area contributed by atoms with Gasteiger partial charge in [-0.3, -0.25) is 14.4 Å². The maximum absolute atomic E-state index is 12.0. The number of carbonyl (C=O) groups is 3. The molecular formula is C36H69BrN2O9. The third kappa shape index (κ3) is 39.1. The number of nitrogens with one attached hydrogen (secondary N) is 2. The SMILES string of the molecule is CC(C)(C)OC(=O)CCCCCCCCCCCCCCCCC(=O)NCCOCCOCCOCCOCCOCCNC(=O)CBr. The zero-order chi connectivity index (χ0) is 35.4. The van der Waals surface area contributed by atoms with Crippen LogP contribution in [-0.2, 0) is 42.8 Å². The quantitative estimate of drug-likeness (QED) is 0.0432. The van der Waals surface area contributed by atoms with Gasteiger partial charge in [-0.05, 0) is 33.6 Å². The van der Waals surface area contributed by atoms with E-state index in [2.05, 4.69) is 26.6 Å². The Morgan fingerprint density at radius 3 is 1.12 bits per heavy atom. The smallest absolute Gasteiger partial charge is 0.306 e. The van der Waals surface area contributed by atoms with E-state index in [1.807, 2.05) is 20.8 Å². The van der Waals surface area contributed by atoms with E-state index < -0.39 is 0 Å². The van der Waals surface area contributed by atoms with Gasteiger partial charge in [0.05, 0.1) is 71.4 Å². The zero-order valence-corrected chi connectivity index (χ0v) is 32.1. The average Bonchev–Trinajstić information content (AvgIpc) is 3.04. The van der Waals surface area contributed by atoms with Crippen molar-refractivity contribution in [2.75, 3.05) is 84.5 Å². The molecule has 0 aromatic carbocycles. The summed E-state index contributed by atoms with van der Waals surface area (Å²) in [5.41, 5.74) is -0.378. The maximum atomic E-state index is 12.0. The minimum absolute atomic E-state index is 0.0562. The molecule has 0 aliphatic carbocycles. The van der Waals surface area contributed by atoms with Gasteiger partial charge in [0.2, 0.25) is 11.8 Å². The van der Waals surface area contributed by atoms with Crippen molar-refractivity contribution in [3.63, 3.8) is 0 Å². The van der Waals surface area contributed by atoms with Crippen molar-refractivity contribution in [2.24, 2.45) is 0 Å². The fourth-order valence-corrected chi connectivity index (χ4v) is 4.91. The van der Waals surface area contributed by atoms with Crippen LogP contribution < -0.4 is 10.6 Å². The number of hydrogen-bond acceptors (Lipinski definition) is 9. The van der Waals surface area contributed by atoms with Crippen LogP contribution in [0.1, 0.15) is 124 Å². The molecule has 0 fully saturated rings. The van der Waals surface area contributed by atoms with E-state index in [1.165, 1.54) is 64.2 Å². The lowest BCUT2D eigenvalue weighted by Gasteiger charge is -2.19. The van der Waals surface area contributed by atoms with Crippen molar-refractivity contribution < 1.29 is 42.8 Å². The number of unbranched alkanes of at least 4 members (excludes halogenated alkanes) is 13. The van der Waals surface area contributed by atoms with Gasteiger partial charge in [-0.2, -0.15) is 0 Å². The molecule has 0 bridgehead atoms. The van der Waals surface area contributed by atoms with E-state index in [9.17, 15) is 14.4 Å².